The van der Waals surface area contributed by atoms with E-state index in [-0.39, 0.29) is 12.1 Å². The third kappa shape index (κ3) is 4.68. The molecule has 0 spiro atoms. The van der Waals surface area contributed by atoms with Crippen LogP contribution in [-0.4, -0.2) is 55.9 Å². The number of ether oxygens (including phenoxy) is 1. The average molecular weight is 344 g/mol. The van der Waals surface area contributed by atoms with E-state index >= 15 is 0 Å². The fourth-order valence-corrected chi connectivity index (χ4v) is 2.81. The maximum Gasteiger partial charge on any atom is 0.410 e. The lowest BCUT2D eigenvalue weighted by Gasteiger charge is -2.34. The normalized spacial score (nSPS) is 18.0. The summed E-state index contributed by atoms with van der Waals surface area (Å²) in [4.78, 5) is 14.0. The van der Waals surface area contributed by atoms with Crippen LogP contribution in [0, 0.1) is 0 Å². The van der Waals surface area contributed by atoms with Crippen molar-refractivity contribution < 1.29 is 9.53 Å². The van der Waals surface area contributed by atoms with E-state index in [0.717, 1.165) is 30.8 Å². The highest BCUT2D eigenvalue weighted by Crippen LogP contribution is 2.19. The predicted molar refractivity (Wildman–Crippen MR) is 93.6 cm³/mol. The van der Waals surface area contributed by atoms with E-state index in [1.165, 1.54) is 0 Å². The number of carbonyl (C=O) groups excluding carboxylic acids is 1. The highest BCUT2D eigenvalue weighted by molar-refractivity contribution is 5.68. The van der Waals surface area contributed by atoms with Gasteiger partial charge in [0.15, 0.2) is 0 Å². The number of anilines is 1. The van der Waals surface area contributed by atoms with E-state index in [1.54, 1.807) is 15.9 Å². The van der Waals surface area contributed by atoms with Crippen molar-refractivity contribution in [3.05, 3.63) is 30.6 Å². The molecule has 1 aromatic carbocycles. The zero-order chi connectivity index (χ0) is 17.9. The Morgan fingerprint density at radius 1 is 1.28 bits per heavy atom. The van der Waals surface area contributed by atoms with Crippen LogP contribution in [-0.2, 0) is 4.74 Å². The molecular weight excluding hydrogens is 320 g/mol. The van der Waals surface area contributed by atoms with Gasteiger partial charge in [-0.2, -0.15) is 0 Å². The van der Waals surface area contributed by atoms with Gasteiger partial charge in [-0.05, 0) is 68.3 Å². The summed E-state index contributed by atoms with van der Waals surface area (Å²) in [6.45, 7) is 7.04. The Hall–Kier alpha value is -2.64. The maximum atomic E-state index is 12.2. The number of amides is 1. The molecule has 0 radical (unpaired) electrons. The molecule has 2 aromatic rings. The third-order valence-electron chi connectivity index (χ3n) is 3.92. The number of likely N-dealkylation sites (tertiary alicyclic amines) is 1. The molecule has 0 aliphatic carbocycles. The largest absolute Gasteiger partial charge is 0.444 e. The van der Waals surface area contributed by atoms with E-state index in [2.05, 4.69) is 20.8 Å². The van der Waals surface area contributed by atoms with Crippen LogP contribution in [0.1, 0.15) is 33.6 Å². The van der Waals surface area contributed by atoms with Gasteiger partial charge in [0.05, 0.1) is 5.69 Å². The smallest absolute Gasteiger partial charge is 0.410 e. The summed E-state index contributed by atoms with van der Waals surface area (Å²) in [5.41, 5.74) is 1.44. The lowest BCUT2D eigenvalue weighted by atomic mass is 10.1. The number of aromatic nitrogens is 4. The lowest BCUT2D eigenvalue weighted by Crippen LogP contribution is -2.46. The van der Waals surface area contributed by atoms with E-state index in [4.69, 9.17) is 4.74 Å². The SMILES string of the molecule is CC(C)(C)OC(=O)N1CCCC(Nc2ccc(-n3cnnn3)cc2)C1. The highest BCUT2D eigenvalue weighted by Gasteiger charge is 2.27. The van der Waals surface area contributed by atoms with Gasteiger partial charge in [0.2, 0.25) is 0 Å². The van der Waals surface area contributed by atoms with Crippen molar-refractivity contribution in [1.29, 1.82) is 0 Å². The Bertz CT molecular complexity index is 693. The Balaban J connectivity index is 1.58. The van der Waals surface area contributed by atoms with Crippen LogP contribution in [0.2, 0.25) is 0 Å². The second-order valence-corrected chi connectivity index (χ2v) is 7.21. The third-order valence-corrected chi connectivity index (χ3v) is 3.92. The zero-order valence-corrected chi connectivity index (χ0v) is 14.8. The first kappa shape index (κ1) is 17.2. The number of tetrazole rings is 1. The minimum Gasteiger partial charge on any atom is -0.444 e. The number of nitrogens with one attached hydrogen (secondary N) is 1. The minimum absolute atomic E-state index is 0.208. The molecule has 1 aliphatic heterocycles. The van der Waals surface area contributed by atoms with Crippen molar-refractivity contribution in [2.75, 3.05) is 18.4 Å². The van der Waals surface area contributed by atoms with Crippen LogP contribution in [0.5, 0.6) is 0 Å². The van der Waals surface area contributed by atoms with E-state index in [1.807, 2.05) is 45.0 Å². The van der Waals surface area contributed by atoms with Gasteiger partial charge in [0.1, 0.15) is 11.9 Å². The molecule has 134 valence electrons. The Labute approximate surface area is 147 Å². The molecule has 3 rings (SSSR count). The molecule has 1 fully saturated rings. The van der Waals surface area contributed by atoms with Crippen LogP contribution in [0.25, 0.3) is 5.69 Å². The number of piperidine rings is 1. The first-order valence-electron chi connectivity index (χ1n) is 8.48. The van der Waals surface area contributed by atoms with Crippen molar-refractivity contribution in [2.45, 2.75) is 45.3 Å². The van der Waals surface area contributed by atoms with Crippen LogP contribution in [0.3, 0.4) is 0 Å². The summed E-state index contributed by atoms with van der Waals surface area (Å²) in [7, 11) is 0. The lowest BCUT2D eigenvalue weighted by molar-refractivity contribution is 0.0206. The predicted octanol–water partition coefficient (Wildman–Crippen LogP) is 2.47. The molecule has 8 nitrogen and oxygen atoms in total. The van der Waals surface area contributed by atoms with Crippen LogP contribution >= 0.6 is 0 Å². The topological polar surface area (TPSA) is 85.2 Å². The van der Waals surface area contributed by atoms with Crippen molar-refractivity contribution in [3.8, 4) is 5.69 Å². The molecule has 8 heteroatoms. The van der Waals surface area contributed by atoms with Gasteiger partial charge in [-0.15, -0.1) is 5.10 Å². The molecule has 2 heterocycles. The molecule has 1 atom stereocenters. The summed E-state index contributed by atoms with van der Waals surface area (Å²) in [6, 6.07) is 8.09. The van der Waals surface area contributed by atoms with Crippen LogP contribution < -0.4 is 5.32 Å². The van der Waals surface area contributed by atoms with Gasteiger partial charge in [-0.3, -0.25) is 0 Å². The quantitative estimate of drug-likeness (QED) is 0.921. The number of carbonyl (C=O) groups is 1. The van der Waals surface area contributed by atoms with Crippen molar-refractivity contribution in [1.82, 2.24) is 25.1 Å². The number of nitrogens with zero attached hydrogens (tertiary/aromatic N) is 5. The standard InChI is InChI=1S/C17H24N6O2/c1-17(2,3)25-16(24)22-10-4-5-14(11-22)19-13-6-8-15(9-7-13)23-12-18-20-21-23/h6-9,12,14,19H,4-5,10-11H2,1-3H3. The summed E-state index contributed by atoms with van der Waals surface area (Å²) in [6.07, 6.45) is 3.30. The van der Waals surface area contributed by atoms with E-state index in [9.17, 15) is 4.79 Å². The molecule has 1 unspecified atom stereocenters. The van der Waals surface area contributed by atoms with Gasteiger partial charge < -0.3 is 15.0 Å². The van der Waals surface area contributed by atoms with Gasteiger partial charge in [0.25, 0.3) is 0 Å². The second-order valence-electron chi connectivity index (χ2n) is 7.21. The molecule has 1 aliphatic rings. The molecular formula is C17H24N6O2. The van der Waals surface area contributed by atoms with Crippen LogP contribution in [0.4, 0.5) is 10.5 Å². The minimum atomic E-state index is -0.469. The maximum absolute atomic E-state index is 12.2. The molecule has 0 saturated carbocycles. The molecule has 1 amide bonds. The Morgan fingerprint density at radius 3 is 2.68 bits per heavy atom. The van der Waals surface area contributed by atoms with Gasteiger partial charge >= 0.3 is 6.09 Å². The van der Waals surface area contributed by atoms with Crippen molar-refractivity contribution >= 4 is 11.8 Å². The number of rotatable bonds is 3. The average Bonchev–Trinajstić information content (AvgIpc) is 3.09. The first-order valence-corrected chi connectivity index (χ1v) is 8.48. The molecule has 1 saturated heterocycles. The molecule has 25 heavy (non-hydrogen) atoms. The van der Waals surface area contributed by atoms with Crippen molar-refractivity contribution in [3.63, 3.8) is 0 Å². The highest BCUT2D eigenvalue weighted by atomic mass is 16.6. The summed E-state index contributed by atoms with van der Waals surface area (Å²) in [5, 5.41) is 14.6. The number of hydrogen-bond donors (Lipinski definition) is 1. The Morgan fingerprint density at radius 2 is 2.04 bits per heavy atom. The summed E-state index contributed by atoms with van der Waals surface area (Å²) < 4.78 is 7.08. The first-order chi connectivity index (χ1) is 11.9. The van der Waals surface area contributed by atoms with Crippen LogP contribution in [0.15, 0.2) is 30.6 Å². The fourth-order valence-electron chi connectivity index (χ4n) is 2.81. The number of benzene rings is 1. The molecule has 0 bridgehead atoms. The van der Waals surface area contributed by atoms with Crippen molar-refractivity contribution in [2.24, 2.45) is 0 Å². The van der Waals surface area contributed by atoms with E-state index < -0.39 is 5.60 Å². The Kier molecular flexibility index (Phi) is 4.87. The number of hydrogen-bond acceptors (Lipinski definition) is 6. The van der Waals surface area contributed by atoms with Gasteiger partial charge in [-0.25, -0.2) is 9.48 Å². The molecule has 1 N–H and O–H groups in total. The summed E-state index contributed by atoms with van der Waals surface area (Å²) >= 11 is 0. The monoisotopic (exact) mass is 344 g/mol. The van der Waals surface area contributed by atoms with Gasteiger partial charge in [-0.1, -0.05) is 0 Å². The van der Waals surface area contributed by atoms with E-state index in [0.29, 0.717) is 6.54 Å². The zero-order valence-electron chi connectivity index (χ0n) is 14.8. The summed E-state index contributed by atoms with van der Waals surface area (Å²) in [5.74, 6) is 0. The fraction of sp³-hybridized carbons (Fsp3) is 0.529. The second kappa shape index (κ2) is 7.08. The molecule has 1 aromatic heterocycles. The van der Waals surface area contributed by atoms with Gasteiger partial charge in [0, 0.05) is 24.8 Å².